The predicted molar refractivity (Wildman–Crippen MR) is 87.9 cm³/mol. The van der Waals surface area contributed by atoms with E-state index >= 15 is 0 Å². The minimum absolute atomic E-state index is 0.00905. The van der Waals surface area contributed by atoms with Crippen molar-refractivity contribution in [2.24, 2.45) is 5.41 Å². The van der Waals surface area contributed by atoms with Gasteiger partial charge >= 0.3 is 0 Å². The van der Waals surface area contributed by atoms with Gasteiger partial charge in [0.15, 0.2) is 12.1 Å². The van der Waals surface area contributed by atoms with Crippen molar-refractivity contribution in [2.45, 2.75) is 51.7 Å². The zero-order valence-electron chi connectivity index (χ0n) is 12.6. The fourth-order valence-electron chi connectivity index (χ4n) is 3.41. The summed E-state index contributed by atoms with van der Waals surface area (Å²) in [5.41, 5.74) is 3.44. The first-order chi connectivity index (χ1) is 9.40. The number of aldehydes is 1. The quantitative estimate of drug-likeness (QED) is 0.440. The van der Waals surface area contributed by atoms with Gasteiger partial charge in [-0.2, -0.15) is 0 Å². The topological polar surface area (TPSA) is 34.1 Å². The summed E-state index contributed by atoms with van der Waals surface area (Å²) in [4.78, 5) is 23.3. The molecule has 0 aromatic rings. The van der Waals surface area contributed by atoms with Crippen LogP contribution in [0.25, 0.3) is 0 Å². The Bertz CT molecular complexity index is 501. The van der Waals surface area contributed by atoms with Crippen LogP contribution >= 0.6 is 23.5 Å². The van der Waals surface area contributed by atoms with E-state index < -0.39 is 0 Å². The standard InChI is InChI=1S/C16H22O2S2/c1-10-6-5-7-16(2,3)14(10)13-8-12(18)11(9-17)15(19-4)20-13/h9,13H,5-8H2,1-4H3. The molecule has 0 aromatic carbocycles. The molecule has 0 aromatic heterocycles. The highest BCUT2D eigenvalue weighted by Gasteiger charge is 2.38. The van der Waals surface area contributed by atoms with Crippen LogP contribution in [-0.2, 0) is 9.59 Å². The fourth-order valence-corrected chi connectivity index (χ4v) is 5.95. The van der Waals surface area contributed by atoms with Crippen LogP contribution in [0.15, 0.2) is 21.0 Å². The van der Waals surface area contributed by atoms with Crippen LogP contribution in [0.1, 0.15) is 46.5 Å². The molecular formula is C16H22O2S2. The lowest BCUT2D eigenvalue weighted by Gasteiger charge is -2.40. The van der Waals surface area contributed by atoms with E-state index in [0.29, 0.717) is 12.0 Å². The molecule has 20 heavy (non-hydrogen) atoms. The van der Waals surface area contributed by atoms with E-state index in [9.17, 15) is 9.59 Å². The fraction of sp³-hybridized carbons (Fsp3) is 0.625. The normalized spacial score (nSPS) is 27.0. The minimum atomic E-state index is 0.00905. The zero-order chi connectivity index (χ0) is 14.9. The SMILES string of the molecule is CSC1=C(C=O)C(=O)CC(C2=C(C)CCCC2(C)C)S1. The van der Waals surface area contributed by atoms with Gasteiger partial charge in [0.2, 0.25) is 0 Å². The maximum Gasteiger partial charge on any atom is 0.169 e. The molecule has 2 aliphatic rings. The Kier molecular flexibility index (Phi) is 4.85. The predicted octanol–water partition coefficient (Wildman–Crippen LogP) is 4.36. The van der Waals surface area contributed by atoms with Gasteiger partial charge in [-0.25, -0.2) is 0 Å². The molecule has 0 bridgehead atoms. The lowest BCUT2D eigenvalue weighted by atomic mass is 9.70. The maximum atomic E-state index is 12.2. The van der Waals surface area contributed by atoms with Gasteiger partial charge in [-0.15, -0.1) is 23.5 Å². The molecule has 0 saturated heterocycles. The minimum Gasteiger partial charge on any atom is -0.298 e. The van der Waals surface area contributed by atoms with Gasteiger partial charge in [0.05, 0.1) is 9.81 Å². The number of carbonyl (C=O) groups is 2. The summed E-state index contributed by atoms with van der Waals surface area (Å²) in [5, 5.41) is 0.212. The second kappa shape index (κ2) is 6.10. The van der Waals surface area contributed by atoms with Gasteiger partial charge in [0.1, 0.15) is 0 Å². The van der Waals surface area contributed by atoms with Gasteiger partial charge in [0.25, 0.3) is 0 Å². The molecule has 0 amide bonds. The summed E-state index contributed by atoms with van der Waals surface area (Å²) in [6.45, 7) is 6.78. The van der Waals surface area contributed by atoms with Gasteiger partial charge < -0.3 is 0 Å². The van der Waals surface area contributed by atoms with Crippen molar-refractivity contribution in [2.75, 3.05) is 6.26 Å². The molecule has 2 rings (SSSR count). The Morgan fingerprint density at radius 2 is 2.10 bits per heavy atom. The number of Topliss-reactive ketones (excluding diaryl/α,β-unsaturated/α-hetero) is 1. The van der Waals surface area contributed by atoms with Crippen LogP contribution in [-0.4, -0.2) is 23.6 Å². The average Bonchev–Trinajstić information content (AvgIpc) is 2.36. The molecule has 0 fully saturated rings. The van der Waals surface area contributed by atoms with Crippen LogP contribution in [0.5, 0.6) is 0 Å². The number of rotatable bonds is 3. The highest BCUT2D eigenvalue weighted by atomic mass is 32.2. The number of ketones is 1. The smallest absolute Gasteiger partial charge is 0.169 e. The number of allylic oxidation sites excluding steroid dienone is 2. The van der Waals surface area contributed by atoms with Crippen LogP contribution in [0.2, 0.25) is 0 Å². The van der Waals surface area contributed by atoms with E-state index in [1.54, 1.807) is 11.8 Å². The summed E-state index contributed by atoms with van der Waals surface area (Å²) in [7, 11) is 0. The summed E-state index contributed by atoms with van der Waals surface area (Å²) in [6, 6.07) is 0. The molecule has 1 unspecified atom stereocenters. The van der Waals surface area contributed by atoms with Crippen molar-refractivity contribution < 1.29 is 9.59 Å². The second-order valence-electron chi connectivity index (χ2n) is 6.19. The molecule has 110 valence electrons. The van der Waals surface area contributed by atoms with E-state index in [-0.39, 0.29) is 16.4 Å². The van der Waals surface area contributed by atoms with Gasteiger partial charge in [0, 0.05) is 11.7 Å². The second-order valence-corrected chi connectivity index (χ2v) is 8.48. The van der Waals surface area contributed by atoms with Crippen molar-refractivity contribution >= 4 is 35.6 Å². The van der Waals surface area contributed by atoms with Gasteiger partial charge in [-0.1, -0.05) is 25.0 Å². The molecule has 0 saturated carbocycles. The van der Waals surface area contributed by atoms with Crippen LogP contribution in [0.4, 0.5) is 0 Å². The maximum absolute atomic E-state index is 12.2. The van der Waals surface area contributed by atoms with Crippen molar-refractivity contribution in [1.82, 2.24) is 0 Å². The van der Waals surface area contributed by atoms with E-state index in [1.807, 2.05) is 6.26 Å². The number of carbonyl (C=O) groups excluding carboxylic acids is 2. The van der Waals surface area contributed by atoms with E-state index in [1.165, 1.54) is 35.7 Å². The zero-order valence-corrected chi connectivity index (χ0v) is 14.2. The van der Waals surface area contributed by atoms with Crippen LogP contribution < -0.4 is 0 Å². The summed E-state index contributed by atoms with van der Waals surface area (Å²) in [6.07, 6.45) is 6.70. The van der Waals surface area contributed by atoms with Crippen molar-refractivity contribution in [3.8, 4) is 0 Å². The molecule has 0 N–H and O–H groups in total. The molecule has 1 aliphatic carbocycles. The summed E-state index contributed by atoms with van der Waals surface area (Å²) >= 11 is 3.23. The molecule has 0 spiro atoms. The number of thioether (sulfide) groups is 2. The Morgan fingerprint density at radius 3 is 2.65 bits per heavy atom. The van der Waals surface area contributed by atoms with Crippen LogP contribution in [0, 0.1) is 5.41 Å². The van der Waals surface area contributed by atoms with E-state index in [0.717, 1.165) is 16.9 Å². The van der Waals surface area contributed by atoms with Crippen molar-refractivity contribution in [1.29, 1.82) is 0 Å². The third kappa shape index (κ3) is 2.91. The monoisotopic (exact) mass is 310 g/mol. The Labute approximate surface area is 129 Å². The van der Waals surface area contributed by atoms with E-state index in [4.69, 9.17) is 0 Å². The van der Waals surface area contributed by atoms with E-state index in [2.05, 4.69) is 20.8 Å². The average molecular weight is 310 g/mol. The molecule has 1 atom stereocenters. The lowest BCUT2D eigenvalue weighted by Crippen LogP contribution is -2.31. The Hall–Kier alpha value is -0.480. The molecule has 0 radical (unpaired) electrons. The Balaban J connectivity index is 2.38. The molecule has 4 heteroatoms. The first-order valence-electron chi connectivity index (χ1n) is 7.04. The van der Waals surface area contributed by atoms with Crippen molar-refractivity contribution in [3.63, 3.8) is 0 Å². The number of hydrogen-bond acceptors (Lipinski definition) is 4. The third-order valence-electron chi connectivity index (χ3n) is 4.31. The molecule has 2 nitrogen and oxygen atoms in total. The highest BCUT2D eigenvalue weighted by Crippen LogP contribution is 2.50. The number of hydrogen-bond donors (Lipinski definition) is 0. The van der Waals surface area contributed by atoms with Crippen molar-refractivity contribution in [3.05, 3.63) is 21.0 Å². The largest absolute Gasteiger partial charge is 0.298 e. The Morgan fingerprint density at radius 1 is 1.40 bits per heavy atom. The first kappa shape index (κ1) is 15.9. The first-order valence-corrected chi connectivity index (χ1v) is 9.14. The summed E-state index contributed by atoms with van der Waals surface area (Å²) in [5.74, 6) is 0.00905. The van der Waals surface area contributed by atoms with Gasteiger partial charge in [-0.3, -0.25) is 9.59 Å². The molecule has 1 heterocycles. The highest BCUT2D eigenvalue weighted by molar-refractivity contribution is 8.22. The lowest BCUT2D eigenvalue weighted by molar-refractivity contribution is -0.117. The molecular weight excluding hydrogens is 288 g/mol. The van der Waals surface area contributed by atoms with Gasteiger partial charge in [-0.05, 0) is 37.9 Å². The van der Waals surface area contributed by atoms with Crippen LogP contribution in [0.3, 0.4) is 0 Å². The summed E-state index contributed by atoms with van der Waals surface area (Å²) < 4.78 is 0.892. The third-order valence-corrected chi connectivity index (χ3v) is 6.81. The molecule has 1 aliphatic heterocycles.